The molecule has 174 valence electrons. The van der Waals surface area contributed by atoms with E-state index in [1.54, 1.807) is 12.1 Å². The number of benzene rings is 2. The number of rotatable bonds is 4. The molecule has 0 unspecified atom stereocenters. The Balaban J connectivity index is 1.27. The molecule has 33 heavy (non-hydrogen) atoms. The van der Waals surface area contributed by atoms with Gasteiger partial charge in [-0.25, -0.2) is 0 Å². The standard InChI is InChI=1S/C25H29N3O5/c29-25(18-10-13-26(14-11-18)21-5-1-2-6-22(21)28(30)31)27-12-3-7-20(27)19-8-9-23-24(17-19)33-16-4-15-32-23/h1-2,5-6,8-9,17-18,20H,3-4,7,10-16H2/t20-/m1/s1. The topological polar surface area (TPSA) is 85.2 Å². The third-order valence-electron chi connectivity index (χ3n) is 6.96. The van der Waals surface area contributed by atoms with E-state index in [1.807, 2.05) is 28.0 Å². The number of nitrogens with zero attached hydrogens (tertiary/aromatic N) is 3. The van der Waals surface area contributed by atoms with Crippen molar-refractivity contribution in [3.8, 4) is 11.5 Å². The van der Waals surface area contributed by atoms with Gasteiger partial charge in [0.15, 0.2) is 11.5 Å². The molecule has 3 heterocycles. The summed E-state index contributed by atoms with van der Waals surface area (Å²) < 4.78 is 11.6. The van der Waals surface area contributed by atoms with Gasteiger partial charge in [-0.15, -0.1) is 0 Å². The first-order valence-corrected chi connectivity index (χ1v) is 11.8. The summed E-state index contributed by atoms with van der Waals surface area (Å²) in [4.78, 5) is 28.6. The molecular weight excluding hydrogens is 422 g/mol. The number of carbonyl (C=O) groups excluding carboxylic acids is 1. The highest BCUT2D eigenvalue weighted by Crippen LogP contribution is 2.39. The normalized spacial score (nSPS) is 21.0. The molecule has 8 heteroatoms. The molecule has 0 spiro atoms. The van der Waals surface area contributed by atoms with Crippen LogP contribution >= 0.6 is 0 Å². The Hall–Kier alpha value is -3.29. The number of piperidine rings is 1. The van der Waals surface area contributed by atoms with Crippen LogP contribution in [0.2, 0.25) is 0 Å². The van der Waals surface area contributed by atoms with E-state index in [0.29, 0.717) is 44.8 Å². The molecule has 2 fully saturated rings. The van der Waals surface area contributed by atoms with Crippen LogP contribution in [0.15, 0.2) is 42.5 Å². The fourth-order valence-electron chi connectivity index (χ4n) is 5.25. The van der Waals surface area contributed by atoms with Crippen LogP contribution in [0.3, 0.4) is 0 Å². The minimum absolute atomic E-state index is 0.0509. The van der Waals surface area contributed by atoms with E-state index in [-0.39, 0.29) is 28.5 Å². The number of anilines is 1. The molecule has 2 aromatic carbocycles. The Morgan fingerprint density at radius 2 is 1.70 bits per heavy atom. The number of carbonyl (C=O) groups is 1. The van der Waals surface area contributed by atoms with Crippen molar-refractivity contribution in [1.29, 1.82) is 0 Å². The zero-order valence-electron chi connectivity index (χ0n) is 18.7. The van der Waals surface area contributed by atoms with Gasteiger partial charge in [-0.05, 0) is 49.4 Å². The molecule has 0 bridgehead atoms. The average molecular weight is 452 g/mol. The molecule has 1 atom stereocenters. The quantitative estimate of drug-likeness (QED) is 0.508. The second-order valence-corrected chi connectivity index (χ2v) is 8.95. The molecular formula is C25H29N3O5. The first-order chi connectivity index (χ1) is 16.1. The Morgan fingerprint density at radius 1 is 0.939 bits per heavy atom. The van der Waals surface area contributed by atoms with Crippen molar-refractivity contribution in [2.75, 3.05) is 37.7 Å². The van der Waals surface area contributed by atoms with Crippen molar-refractivity contribution in [3.63, 3.8) is 0 Å². The van der Waals surface area contributed by atoms with Gasteiger partial charge in [0.25, 0.3) is 5.69 Å². The highest BCUT2D eigenvalue weighted by Gasteiger charge is 2.36. The van der Waals surface area contributed by atoms with Crippen LogP contribution in [0.5, 0.6) is 11.5 Å². The van der Waals surface area contributed by atoms with Crippen molar-refractivity contribution in [1.82, 2.24) is 4.90 Å². The van der Waals surface area contributed by atoms with Gasteiger partial charge in [-0.3, -0.25) is 14.9 Å². The van der Waals surface area contributed by atoms with E-state index in [1.165, 1.54) is 6.07 Å². The zero-order chi connectivity index (χ0) is 22.8. The van der Waals surface area contributed by atoms with Gasteiger partial charge >= 0.3 is 0 Å². The summed E-state index contributed by atoms with van der Waals surface area (Å²) in [6.45, 7) is 3.35. The molecule has 3 aliphatic heterocycles. The lowest BCUT2D eigenvalue weighted by molar-refractivity contribution is -0.384. The minimum atomic E-state index is -0.337. The Labute approximate surface area is 193 Å². The first-order valence-electron chi connectivity index (χ1n) is 11.8. The van der Waals surface area contributed by atoms with Crippen molar-refractivity contribution in [3.05, 3.63) is 58.1 Å². The van der Waals surface area contributed by atoms with Gasteiger partial charge in [0.2, 0.25) is 5.91 Å². The van der Waals surface area contributed by atoms with E-state index in [0.717, 1.165) is 42.9 Å². The van der Waals surface area contributed by atoms with Crippen molar-refractivity contribution >= 4 is 17.3 Å². The number of hydrogen-bond acceptors (Lipinski definition) is 6. The van der Waals surface area contributed by atoms with Crippen LogP contribution < -0.4 is 14.4 Å². The number of likely N-dealkylation sites (tertiary alicyclic amines) is 1. The van der Waals surface area contributed by atoms with Crippen molar-refractivity contribution < 1.29 is 19.2 Å². The largest absolute Gasteiger partial charge is 0.490 e. The molecule has 0 N–H and O–H groups in total. The van der Waals surface area contributed by atoms with Crippen LogP contribution in [-0.2, 0) is 4.79 Å². The fraction of sp³-hybridized carbons (Fsp3) is 0.480. The van der Waals surface area contributed by atoms with Gasteiger partial charge in [-0.1, -0.05) is 18.2 Å². The molecule has 0 aliphatic carbocycles. The summed E-state index contributed by atoms with van der Waals surface area (Å²) in [6.07, 6.45) is 4.20. The maximum Gasteiger partial charge on any atom is 0.292 e. The lowest BCUT2D eigenvalue weighted by Crippen LogP contribution is -2.42. The highest BCUT2D eigenvalue weighted by atomic mass is 16.6. The number of amides is 1. The summed E-state index contributed by atoms with van der Waals surface area (Å²) in [5, 5.41) is 11.4. The van der Waals surface area contributed by atoms with E-state index in [4.69, 9.17) is 9.47 Å². The van der Waals surface area contributed by atoms with Gasteiger partial charge in [-0.2, -0.15) is 0 Å². The van der Waals surface area contributed by atoms with Crippen molar-refractivity contribution in [2.45, 2.75) is 38.1 Å². The van der Waals surface area contributed by atoms with Crippen molar-refractivity contribution in [2.24, 2.45) is 5.92 Å². The van der Waals surface area contributed by atoms with E-state index in [2.05, 4.69) is 6.07 Å². The van der Waals surface area contributed by atoms with Crippen LogP contribution in [0.1, 0.15) is 43.7 Å². The van der Waals surface area contributed by atoms with E-state index in [9.17, 15) is 14.9 Å². The number of ether oxygens (including phenoxy) is 2. The molecule has 5 rings (SSSR count). The molecule has 3 aliphatic rings. The fourth-order valence-corrected chi connectivity index (χ4v) is 5.25. The van der Waals surface area contributed by atoms with Gasteiger partial charge in [0, 0.05) is 38.0 Å². The molecule has 2 saturated heterocycles. The predicted molar refractivity (Wildman–Crippen MR) is 124 cm³/mol. The minimum Gasteiger partial charge on any atom is -0.490 e. The molecule has 2 aromatic rings. The maximum atomic E-state index is 13.5. The highest BCUT2D eigenvalue weighted by molar-refractivity contribution is 5.80. The van der Waals surface area contributed by atoms with Gasteiger partial charge < -0.3 is 19.3 Å². The third kappa shape index (κ3) is 4.34. The van der Waals surface area contributed by atoms with Crippen LogP contribution in [-0.4, -0.2) is 48.6 Å². The molecule has 0 aromatic heterocycles. The zero-order valence-corrected chi connectivity index (χ0v) is 18.7. The summed E-state index contributed by atoms with van der Waals surface area (Å²) >= 11 is 0. The Kier molecular flexibility index (Phi) is 6.07. The SMILES string of the molecule is O=C(C1CCN(c2ccccc2[N+](=O)[O-])CC1)N1CCC[C@@H]1c1ccc2c(c1)OCCCO2. The molecule has 0 radical (unpaired) electrons. The Morgan fingerprint density at radius 3 is 2.48 bits per heavy atom. The smallest absolute Gasteiger partial charge is 0.292 e. The van der Waals surface area contributed by atoms with Crippen LogP contribution in [0.4, 0.5) is 11.4 Å². The monoisotopic (exact) mass is 451 g/mol. The summed E-state index contributed by atoms with van der Waals surface area (Å²) in [5.74, 6) is 1.69. The molecule has 1 amide bonds. The predicted octanol–water partition coefficient (Wildman–Crippen LogP) is 4.34. The number of hydrogen-bond donors (Lipinski definition) is 0. The van der Waals surface area contributed by atoms with E-state index >= 15 is 0 Å². The Bertz CT molecular complexity index is 1030. The van der Waals surface area contributed by atoms with Gasteiger partial charge in [0.1, 0.15) is 5.69 Å². The lowest BCUT2D eigenvalue weighted by atomic mass is 9.93. The van der Waals surface area contributed by atoms with Crippen LogP contribution in [0.25, 0.3) is 0 Å². The lowest BCUT2D eigenvalue weighted by Gasteiger charge is -2.36. The second-order valence-electron chi connectivity index (χ2n) is 8.95. The second kappa shape index (κ2) is 9.29. The summed E-state index contributed by atoms with van der Waals surface area (Å²) in [6, 6.07) is 13.0. The summed E-state index contributed by atoms with van der Waals surface area (Å²) in [7, 11) is 0. The number of para-hydroxylation sites is 2. The number of fused-ring (bicyclic) bond motifs is 1. The number of nitro groups is 1. The van der Waals surface area contributed by atoms with E-state index < -0.39 is 0 Å². The first kappa shape index (κ1) is 21.6. The van der Waals surface area contributed by atoms with Crippen LogP contribution in [0, 0.1) is 16.0 Å². The number of nitro benzene ring substituents is 1. The molecule has 0 saturated carbocycles. The summed E-state index contributed by atoms with van der Waals surface area (Å²) in [5.41, 5.74) is 1.86. The average Bonchev–Trinajstić information content (AvgIpc) is 3.22. The van der Waals surface area contributed by atoms with Gasteiger partial charge in [0.05, 0.1) is 24.2 Å². The third-order valence-corrected chi connectivity index (χ3v) is 6.96. The molecule has 8 nitrogen and oxygen atoms in total. The maximum absolute atomic E-state index is 13.5.